The minimum atomic E-state index is -1.33. The molecule has 0 saturated heterocycles. The molecule has 8 heteroatoms. The fourth-order valence-corrected chi connectivity index (χ4v) is 5.18. The summed E-state index contributed by atoms with van der Waals surface area (Å²) >= 11 is 0. The van der Waals surface area contributed by atoms with Crippen LogP contribution in [0.15, 0.2) is 60.8 Å². The maximum absolute atomic E-state index is 11.4. The van der Waals surface area contributed by atoms with E-state index in [0.717, 1.165) is 54.1 Å². The van der Waals surface area contributed by atoms with Crippen molar-refractivity contribution in [2.24, 2.45) is 0 Å². The molecule has 8 nitrogen and oxygen atoms in total. The second-order valence-electron chi connectivity index (χ2n) is 10.1. The number of fused-ring (bicyclic) bond motifs is 1. The lowest BCUT2D eigenvalue weighted by atomic mass is 9.84. The van der Waals surface area contributed by atoms with Gasteiger partial charge in [0.05, 0.1) is 12.7 Å². The Morgan fingerprint density at radius 2 is 1.45 bits per heavy atom. The van der Waals surface area contributed by atoms with Gasteiger partial charge in [0.15, 0.2) is 0 Å². The normalized spacial score (nSPS) is 26.6. The quantitative estimate of drug-likeness (QED) is 0.203. The standard InChI is InChI=1S/C30H41NO7/c1-20(23-18-31-24-15-9-8-14-22(23)24)38-30-27(35)28(36-17-11-4-2-3-10-16-32)25(33)26(34)29(30)37-19-21-12-6-5-7-13-21/h5-9,12-15,18,20,25-35H,2-4,10-11,16-17,19H2,1H3. The molecule has 1 aliphatic carbocycles. The first-order valence-corrected chi connectivity index (χ1v) is 13.6. The fraction of sp³-hybridized carbons (Fsp3) is 0.533. The number of ether oxygens (including phenoxy) is 3. The maximum atomic E-state index is 11.4. The molecule has 1 heterocycles. The third-order valence-electron chi connectivity index (χ3n) is 7.34. The van der Waals surface area contributed by atoms with Crippen molar-refractivity contribution < 1.29 is 34.6 Å². The van der Waals surface area contributed by atoms with E-state index in [-0.39, 0.29) is 13.2 Å². The molecule has 1 aliphatic rings. The first-order chi connectivity index (χ1) is 18.5. The van der Waals surface area contributed by atoms with Crippen molar-refractivity contribution in [3.8, 4) is 0 Å². The largest absolute Gasteiger partial charge is 0.396 e. The molecule has 0 amide bonds. The number of H-pyrrole nitrogens is 1. The summed E-state index contributed by atoms with van der Waals surface area (Å²) in [4.78, 5) is 3.25. The number of unbranched alkanes of at least 4 members (excludes halogenated alkanes) is 4. The van der Waals surface area contributed by atoms with Crippen molar-refractivity contribution >= 4 is 10.9 Å². The summed E-state index contributed by atoms with van der Waals surface area (Å²) in [5.74, 6) is 0. The average Bonchev–Trinajstić information content (AvgIpc) is 3.37. The highest BCUT2D eigenvalue weighted by Gasteiger charge is 2.52. The van der Waals surface area contributed by atoms with Crippen molar-refractivity contribution in [2.75, 3.05) is 13.2 Å². The zero-order valence-electron chi connectivity index (χ0n) is 22.0. The summed E-state index contributed by atoms with van der Waals surface area (Å²) in [5.41, 5.74) is 2.82. The number of para-hydroxylation sites is 1. The van der Waals surface area contributed by atoms with Gasteiger partial charge in [0.1, 0.15) is 36.6 Å². The lowest BCUT2D eigenvalue weighted by molar-refractivity contribution is -0.265. The van der Waals surface area contributed by atoms with Gasteiger partial charge in [-0.3, -0.25) is 0 Å². The van der Waals surface area contributed by atoms with E-state index in [1.54, 1.807) is 0 Å². The number of hydrogen-bond acceptors (Lipinski definition) is 7. The van der Waals surface area contributed by atoms with E-state index in [4.69, 9.17) is 19.3 Å². The SMILES string of the molecule is CC(OC1C(O)C(OCCCCCCCO)C(O)C(O)C1OCc1ccccc1)c1c[nH]c2ccccc12. The second-order valence-corrected chi connectivity index (χ2v) is 10.1. The Hall–Kier alpha value is -2.30. The molecule has 2 aromatic carbocycles. The molecule has 1 aromatic heterocycles. The third kappa shape index (κ3) is 7.01. The first-order valence-electron chi connectivity index (χ1n) is 13.6. The van der Waals surface area contributed by atoms with Gasteiger partial charge in [0.25, 0.3) is 0 Å². The molecule has 7 unspecified atom stereocenters. The maximum Gasteiger partial charge on any atom is 0.116 e. The Labute approximate surface area is 224 Å². The summed E-state index contributed by atoms with van der Waals surface area (Å²) in [6.07, 6.45) is -0.923. The molecule has 1 fully saturated rings. The van der Waals surface area contributed by atoms with Gasteiger partial charge in [-0.05, 0) is 31.4 Å². The summed E-state index contributed by atoms with van der Waals surface area (Å²) in [6.45, 7) is 2.63. The van der Waals surface area contributed by atoms with Crippen molar-refractivity contribution in [3.63, 3.8) is 0 Å². The van der Waals surface area contributed by atoms with Crippen molar-refractivity contribution in [1.29, 1.82) is 0 Å². The number of aromatic nitrogens is 1. The van der Waals surface area contributed by atoms with Gasteiger partial charge < -0.3 is 39.6 Å². The molecule has 208 valence electrons. The van der Waals surface area contributed by atoms with E-state index >= 15 is 0 Å². The zero-order chi connectivity index (χ0) is 26.9. The Morgan fingerprint density at radius 1 is 0.763 bits per heavy atom. The average molecular weight is 528 g/mol. The highest BCUT2D eigenvalue weighted by atomic mass is 16.6. The Balaban J connectivity index is 1.48. The number of hydrogen-bond donors (Lipinski definition) is 5. The van der Waals surface area contributed by atoms with Crippen molar-refractivity contribution in [2.45, 2.75) is 88.4 Å². The molecule has 0 spiro atoms. The van der Waals surface area contributed by atoms with Gasteiger partial charge in [-0.25, -0.2) is 0 Å². The van der Waals surface area contributed by atoms with Crippen LogP contribution in [0.25, 0.3) is 10.9 Å². The molecule has 1 saturated carbocycles. The molecule has 3 aromatic rings. The van der Waals surface area contributed by atoms with E-state index < -0.39 is 42.7 Å². The van der Waals surface area contributed by atoms with Crippen LogP contribution in [0, 0.1) is 0 Å². The number of rotatable bonds is 14. The number of aromatic amines is 1. The van der Waals surface area contributed by atoms with Gasteiger partial charge in [0.2, 0.25) is 0 Å². The van der Waals surface area contributed by atoms with Crippen molar-refractivity contribution in [1.82, 2.24) is 4.98 Å². The molecule has 4 rings (SSSR count). The summed E-state index contributed by atoms with van der Waals surface area (Å²) in [5, 5.41) is 43.3. The third-order valence-corrected chi connectivity index (χ3v) is 7.34. The van der Waals surface area contributed by atoms with Crippen LogP contribution in [0.4, 0.5) is 0 Å². The van der Waals surface area contributed by atoms with Gasteiger partial charge >= 0.3 is 0 Å². The van der Waals surface area contributed by atoms with Gasteiger partial charge in [-0.15, -0.1) is 0 Å². The second kappa shape index (κ2) is 14.2. The molecule has 7 atom stereocenters. The predicted molar refractivity (Wildman–Crippen MR) is 145 cm³/mol. The minimum Gasteiger partial charge on any atom is -0.396 e. The number of nitrogens with one attached hydrogen (secondary N) is 1. The molecule has 0 bridgehead atoms. The zero-order valence-corrected chi connectivity index (χ0v) is 22.0. The molecule has 0 radical (unpaired) electrons. The number of aliphatic hydroxyl groups is 4. The predicted octanol–water partition coefficient (Wildman–Crippen LogP) is 3.62. The highest BCUT2D eigenvalue weighted by molar-refractivity contribution is 5.83. The lowest BCUT2D eigenvalue weighted by Crippen LogP contribution is -2.65. The minimum absolute atomic E-state index is 0.195. The van der Waals surface area contributed by atoms with Crippen LogP contribution in [-0.2, 0) is 20.8 Å². The monoisotopic (exact) mass is 527 g/mol. The topological polar surface area (TPSA) is 124 Å². The summed E-state index contributed by atoms with van der Waals surface area (Å²) in [7, 11) is 0. The Kier molecular flexibility index (Phi) is 10.7. The van der Waals surface area contributed by atoms with Crippen LogP contribution in [0.2, 0.25) is 0 Å². The van der Waals surface area contributed by atoms with Gasteiger partial charge in [0, 0.05) is 35.9 Å². The first kappa shape index (κ1) is 28.7. The van der Waals surface area contributed by atoms with Crippen LogP contribution < -0.4 is 0 Å². The van der Waals surface area contributed by atoms with E-state index in [1.165, 1.54) is 0 Å². The van der Waals surface area contributed by atoms with Crippen LogP contribution in [0.1, 0.15) is 56.3 Å². The summed E-state index contributed by atoms with van der Waals surface area (Å²) in [6, 6.07) is 17.5. The summed E-state index contributed by atoms with van der Waals surface area (Å²) < 4.78 is 18.4. The number of benzene rings is 2. The van der Waals surface area contributed by atoms with E-state index in [1.807, 2.05) is 67.7 Å². The van der Waals surface area contributed by atoms with E-state index in [9.17, 15) is 15.3 Å². The lowest BCUT2D eigenvalue weighted by Gasteiger charge is -2.46. The number of aliphatic hydroxyl groups excluding tert-OH is 4. The molecule has 0 aliphatic heterocycles. The smallest absolute Gasteiger partial charge is 0.116 e. The van der Waals surface area contributed by atoms with Crippen LogP contribution in [-0.4, -0.2) is 75.2 Å². The van der Waals surface area contributed by atoms with E-state index in [2.05, 4.69) is 4.98 Å². The van der Waals surface area contributed by atoms with Gasteiger partial charge in [-0.2, -0.15) is 0 Å². The highest BCUT2D eigenvalue weighted by Crippen LogP contribution is 2.34. The van der Waals surface area contributed by atoms with Gasteiger partial charge in [-0.1, -0.05) is 67.8 Å². The van der Waals surface area contributed by atoms with Crippen LogP contribution >= 0.6 is 0 Å². The van der Waals surface area contributed by atoms with Crippen LogP contribution in [0.3, 0.4) is 0 Å². The molecule has 38 heavy (non-hydrogen) atoms. The molecular formula is C30H41NO7. The molecular weight excluding hydrogens is 486 g/mol. The van der Waals surface area contributed by atoms with E-state index in [0.29, 0.717) is 6.61 Å². The molecule has 5 N–H and O–H groups in total. The van der Waals surface area contributed by atoms with Crippen LogP contribution in [0.5, 0.6) is 0 Å². The Bertz CT molecular complexity index is 1090. The fourth-order valence-electron chi connectivity index (χ4n) is 5.18. The van der Waals surface area contributed by atoms with Crippen molar-refractivity contribution in [3.05, 3.63) is 71.9 Å². The Morgan fingerprint density at radius 3 is 2.24 bits per heavy atom.